The maximum absolute atomic E-state index is 13.2. The zero-order chi connectivity index (χ0) is 17.8. The van der Waals surface area contributed by atoms with Crippen molar-refractivity contribution >= 4 is 34.7 Å². The Hall–Kier alpha value is -2.92. The number of halogens is 2. The third kappa shape index (κ3) is 4.14. The van der Waals surface area contributed by atoms with E-state index in [1.54, 1.807) is 18.3 Å². The van der Waals surface area contributed by atoms with Crippen molar-refractivity contribution in [3.63, 3.8) is 0 Å². The highest BCUT2D eigenvalue weighted by Crippen LogP contribution is 2.22. The number of aromatic nitrogens is 1. The summed E-state index contributed by atoms with van der Waals surface area (Å²) in [6.07, 6.45) is 1.60. The fourth-order valence-electron chi connectivity index (χ4n) is 2.23. The molecule has 0 atom stereocenters. The van der Waals surface area contributed by atoms with Gasteiger partial charge in [-0.05, 0) is 49.4 Å². The number of rotatable bonds is 4. The van der Waals surface area contributed by atoms with Crippen molar-refractivity contribution in [2.45, 2.75) is 6.92 Å². The van der Waals surface area contributed by atoms with E-state index in [0.29, 0.717) is 17.1 Å². The van der Waals surface area contributed by atoms with Gasteiger partial charge in [-0.1, -0.05) is 29.3 Å². The molecule has 0 aliphatic heterocycles. The van der Waals surface area contributed by atoms with Crippen LogP contribution in [0.25, 0.3) is 0 Å². The van der Waals surface area contributed by atoms with E-state index < -0.39 is 5.82 Å². The summed E-state index contributed by atoms with van der Waals surface area (Å²) in [6, 6.07) is 15.1. The van der Waals surface area contributed by atoms with E-state index in [9.17, 15) is 9.18 Å². The number of hydrogen-bond donors (Lipinski definition) is 2. The summed E-state index contributed by atoms with van der Waals surface area (Å²) < 4.78 is 13.2. The van der Waals surface area contributed by atoms with Crippen molar-refractivity contribution in [1.82, 2.24) is 4.98 Å². The Labute approximate surface area is 149 Å². The molecule has 126 valence electrons. The molecule has 0 unspecified atom stereocenters. The molecule has 1 heterocycles. The summed E-state index contributed by atoms with van der Waals surface area (Å²) in [5.74, 6) is -0.481. The fraction of sp³-hybridized carbons (Fsp3) is 0.0526. The van der Waals surface area contributed by atoms with E-state index >= 15 is 0 Å². The van der Waals surface area contributed by atoms with E-state index in [1.165, 1.54) is 18.2 Å². The predicted octanol–water partition coefficient (Wildman–Crippen LogP) is 5.18. The third-order valence-corrected chi connectivity index (χ3v) is 3.83. The average Bonchev–Trinajstić information content (AvgIpc) is 2.60. The molecular weight excluding hydrogens is 341 g/mol. The van der Waals surface area contributed by atoms with Gasteiger partial charge in [0.2, 0.25) is 0 Å². The van der Waals surface area contributed by atoms with Crippen molar-refractivity contribution in [3.05, 3.63) is 82.8 Å². The molecule has 4 nitrogen and oxygen atoms in total. The molecule has 6 heteroatoms. The highest BCUT2D eigenvalue weighted by Gasteiger charge is 2.13. The predicted molar refractivity (Wildman–Crippen MR) is 98.1 cm³/mol. The minimum absolute atomic E-state index is 0.0537. The molecule has 0 aliphatic carbocycles. The van der Waals surface area contributed by atoms with Crippen LogP contribution in [0.3, 0.4) is 0 Å². The summed E-state index contributed by atoms with van der Waals surface area (Å²) in [4.78, 5) is 16.8. The smallest absolute Gasteiger partial charge is 0.259 e. The topological polar surface area (TPSA) is 54.0 Å². The molecule has 25 heavy (non-hydrogen) atoms. The van der Waals surface area contributed by atoms with Crippen LogP contribution >= 0.6 is 11.6 Å². The molecule has 3 rings (SSSR count). The molecule has 0 fully saturated rings. The molecule has 0 aliphatic rings. The highest BCUT2D eigenvalue weighted by molar-refractivity contribution is 6.31. The number of carbonyl (C=O) groups is 1. The van der Waals surface area contributed by atoms with Crippen LogP contribution < -0.4 is 10.6 Å². The Kier molecular flexibility index (Phi) is 4.95. The monoisotopic (exact) mass is 355 g/mol. The van der Waals surface area contributed by atoms with Crippen molar-refractivity contribution in [2.24, 2.45) is 0 Å². The maximum Gasteiger partial charge on any atom is 0.259 e. The summed E-state index contributed by atoms with van der Waals surface area (Å²) in [7, 11) is 0. The van der Waals surface area contributed by atoms with Crippen LogP contribution in [0.5, 0.6) is 0 Å². The average molecular weight is 356 g/mol. The first-order chi connectivity index (χ1) is 12.0. The molecule has 0 saturated heterocycles. The lowest BCUT2D eigenvalue weighted by atomic mass is 10.2. The molecule has 0 bridgehead atoms. The van der Waals surface area contributed by atoms with Crippen LogP contribution in [-0.4, -0.2) is 10.9 Å². The molecule has 0 spiro atoms. The largest absolute Gasteiger partial charge is 0.340 e. The lowest BCUT2D eigenvalue weighted by Gasteiger charge is -2.11. The minimum atomic E-state index is -0.539. The van der Waals surface area contributed by atoms with Crippen molar-refractivity contribution in [1.29, 1.82) is 0 Å². The Morgan fingerprint density at radius 1 is 1.08 bits per heavy atom. The van der Waals surface area contributed by atoms with Gasteiger partial charge in [-0.25, -0.2) is 9.37 Å². The molecule has 2 aromatic carbocycles. The fourth-order valence-corrected chi connectivity index (χ4v) is 2.41. The molecule has 0 radical (unpaired) electrons. The molecule has 1 amide bonds. The van der Waals surface area contributed by atoms with E-state index in [-0.39, 0.29) is 10.9 Å². The van der Waals surface area contributed by atoms with E-state index in [0.717, 1.165) is 11.3 Å². The van der Waals surface area contributed by atoms with E-state index in [4.69, 9.17) is 11.6 Å². The molecule has 2 N–H and O–H groups in total. The second-order valence-electron chi connectivity index (χ2n) is 5.47. The second-order valence-corrected chi connectivity index (χ2v) is 5.88. The van der Waals surface area contributed by atoms with Crippen molar-refractivity contribution in [3.8, 4) is 0 Å². The number of nitrogens with zero attached hydrogens (tertiary/aromatic N) is 1. The zero-order valence-electron chi connectivity index (χ0n) is 13.4. The Morgan fingerprint density at radius 2 is 1.80 bits per heavy atom. The van der Waals surface area contributed by atoms with Gasteiger partial charge in [0.25, 0.3) is 5.91 Å². The molecule has 3 aromatic rings. The SMILES string of the molecule is Cc1ccc(Nc2ncccc2C(=O)Nc2ccc(F)c(Cl)c2)cc1. The lowest BCUT2D eigenvalue weighted by Crippen LogP contribution is -2.14. The number of pyridine rings is 1. The van der Waals surface area contributed by atoms with Gasteiger partial charge in [0, 0.05) is 17.6 Å². The zero-order valence-corrected chi connectivity index (χ0v) is 14.1. The first kappa shape index (κ1) is 16.9. The van der Waals surface area contributed by atoms with Crippen LogP contribution in [0.2, 0.25) is 5.02 Å². The minimum Gasteiger partial charge on any atom is -0.340 e. The summed E-state index contributed by atoms with van der Waals surface area (Å²) >= 11 is 5.74. The maximum atomic E-state index is 13.2. The number of amides is 1. The number of carbonyl (C=O) groups excluding carboxylic acids is 1. The van der Waals surface area contributed by atoms with Crippen molar-refractivity contribution in [2.75, 3.05) is 10.6 Å². The van der Waals surface area contributed by atoms with Gasteiger partial charge in [0.1, 0.15) is 11.6 Å². The molecule has 0 saturated carbocycles. The van der Waals surface area contributed by atoms with Crippen LogP contribution in [-0.2, 0) is 0 Å². The highest BCUT2D eigenvalue weighted by atomic mass is 35.5. The first-order valence-corrected chi connectivity index (χ1v) is 7.96. The van der Waals surface area contributed by atoms with E-state index in [2.05, 4.69) is 15.6 Å². The van der Waals surface area contributed by atoms with Gasteiger partial charge < -0.3 is 10.6 Å². The van der Waals surface area contributed by atoms with Crippen LogP contribution in [0.4, 0.5) is 21.6 Å². The normalized spacial score (nSPS) is 10.4. The molecular formula is C19H15ClFN3O. The Balaban J connectivity index is 1.82. The van der Waals surface area contributed by atoms with E-state index in [1.807, 2.05) is 31.2 Å². The van der Waals surface area contributed by atoms with Gasteiger partial charge in [-0.15, -0.1) is 0 Å². The van der Waals surface area contributed by atoms with Crippen molar-refractivity contribution < 1.29 is 9.18 Å². The first-order valence-electron chi connectivity index (χ1n) is 7.58. The number of aryl methyl sites for hydroxylation is 1. The Bertz CT molecular complexity index is 913. The van der Waals surface area contributed by atoms with Gasteiger partial charge >= 0.3 is 0 Å². The number of nitrogens with one attached hydrogen (secondary N) is 2. The summed E-state index contributed by atoms with van der Waals surface area (Å²) in [5.41, 5.74) is 2.73. The van der Waals surface area contributed by atoms with Gasteiger partial charge in [-0.3, -0.25) is 4.79 Å². The molecule has 1 aromatic heterocycles. The lowest BCUT2D eigenvalue weighted by molar-refractivity contribution is 0.102. The van der Waals surface area contributed by atoms with Gasteiger partial charge in [0.05, 0.1) is 10.6 Å². The van der Waals surface area contributed by atoms with Gasteiger partial charge in [0.15, 0.2) is 0 Å². The standard InChI is InChI=1S/C19H15ClFN3O/c1-12-4-6-13(7-5-12)23-18-15(3-2-10-22-18)19(25)24-14-8-9-17(21)16(20)11-14/h2-11H,1H3,(H,22,23)(H,24,25). The van der Waals surface area contributed by atoms with Crippen LogP contribution in [0.15, 0.2) is 60.8 Å². The number of hydrogen-bond acceptors (Lipinski definition) is 3. The summed E-state index contributed by atoms with van der Waals surface area (Å²) in [6.45, 7) is 2.00. The summed E-state index contributed by atoms with van der Waals surface area (Å²) in [5, 5.41) is 5.77. The third-order valence-electron chi connectivity index (χ3n) is 3.54. The number of benzene rings is 2. The van der Waals surface area contributed by atoms with Gasteiger partial charge in [-0.2, -0.15) is 0 Å². The second kappa shape index (κ2) is 7.32. The number of anilines is 3. The van der Waals surface area contributed by atoms with Crippen LogP contribution in [0, 0.1) is 12.7 Å². The quantitative estimate of drug-likeness (QED) is 0.678. The Morgan fingerprint density at radius 3 is 2.52 bits per heavy atom. The van der Waals surface area contributed by atoms with Crippen LogP contribution in [0.1, 0.15) is 15.9 Å².